The molecule has 0 unspecified atom stereocenters. The van der Waals surface area contributed by atoms with E-state index < -0.39 is 11.8 Å². The zero-order valence-corrected chi connectivity index (χ0v) is 9.36. The van der Waals surface area contributed by atoms with Crippen molar-refractivity contribution in [2.45, 2.75) is 13.3 Å². The van der Waals surface area contributed by atoms with Crippen LogP contribution in [0.5, 0.6) is 5.75 Å². The van der Waals surface area contributed by atoms with E-state index in [1.165, 1.54) is 19.2 Å². The maximum absolute atomic E-state index is 11.5. The Balaban J connectivity index is 2.68. The van der Waals surface area contributed by atoms with E-state index in [0.717, 1.165) is 0 Å². The lowest BCUT2D eigenvalue weighted by Gasteiger charge is -2.03. The highest BCUT2D eigenvalue weighted by Gasteiger charge is 2.17. The van der Waals surface area contributed by atoms with Crippen LogP contribution in [0.2, 0.25) is 0 Å². The topological polar surface area (TPSA) is 52.6 Å². The van der Waals surface area contributed by atoms with Gasteiger partial charge in [0.1, 0.15) is 5.75 Å². The molecule has 86 valence electrons. The first kappa shape index (κ1) is 12.2. The fourth-order valence-corrected chi connectivity index (χ4v) is 1.12. The standard InChI is InChI=1S/C12H14O4/c1-3-8-16-12(14)11(13)9-4-6-10(15-2)7-5-9/h4-7H,3,8H2,1-2H3. The largest absolute Gasteiger partial charge is 0.497 e. The predicted octanol–water partition coefficient (Wildman–Crippen LogP) is 1.83. The van der Waals surface area contributed by atoms with Crippen molar-refractivity contribution in [3.63, 3.8) is 0 Å². The van der Waals surface area contributed by atoms with Crippen LogP contribution in [0.4, 0.5) is 0 Å². The lowest BCUT2D eigenvalue weighted by molar-refractivity contribution is -0.138. The Morgan fingerprint density at radius 2 is 1.81 bits per heavy atom. The van der Waals surface area contributed by atoms with Crippen LogP contribution in [0.15, 0.2) is 24.3 Å². The van der Waals surface area contributed by atoms with Crippen molar-refractivity contribution in [3.8, 4) is 5.75 Å². The number of carbonyl (C=O) groups is 2. The van der Waals surface area contributed by atoms with E-state index >= 15 is 0 Å². The van der Waals surface area contributed by atoms with Gasteiger partial charge in [0.25, 0.3) is 5.78 Å². The van der Waals surface area contributed by atoms with Gasteiger partial charge in [-0.25, -0.2) is 4.79 Å². The molecule has 1 aromatic carbocycles. The van der Waals surface area contributed by atoms with Crippen molar-refractivity contribution >= 4 is 11.8 Å². The van der Waals surface area contributed by atoms with E-state index in [0.29, 0.717) is 17.7 Å². The quantitative estimate of drug-likeness (QED) is 0.433. The second-order valence-electron chi connectivity index (χ2n) is 3.19. The monoisotopic (exact) mass is 222 g/mol. The summed E-state index contributed by atoms with van der Waals surface area (Å²) in [6.07, 6.45) is 0.696. The van der Waals surface area contributed by atoms with Gasteiger partial charge in [-0.2, -0.15) is 0 Å². The summed E-state index contributed by atoms with van der Waals surface area (Å²) in [5.74, 6) is -0.804. The Labute approximate surface area is 94.2 Å². The van der Waals surface area contributed by atoms with Crippen LogP contribution in [0.1, 0.15) is 23.7 Å². The Bertz CT molecular complexity index is 367. The molecule has 0 amide bonds. The van der Waals surface area contributed by atoms with Gasteiger partial charge < -0.3 is 9.47 Å². The molecule has 0 N–H and O–H groups in total. The van der Waals surface area contributed by atoms with Gasteiger partial charge in [0.2, 0.25) is 0 Å². The zero-order valence-electron chi connectivity index (χ0n) is 9.36. The van der Waals surface area contributed by atoms with Crippen molar-refractivity contribution in [2.75, 3.05) is 13.7 Å². The molecule has 1 rings (SSSR count). The average Bonchev–Trinajstić information content (AvgIpc) is 2.35. The van der Waals surface area contributed by atoms with Crippen molar-refractivity contribution in [1.82, 2.24) is 0 Å². The maximum atomic E-state index is 11.5. The minimum atomic E-state index is -0.813. The van der Waals surface area contributed by atoms with Gasteiger partial charge in [0.15, 0.2) is 0 Å². The Kier molecular flexibility index (Phi) is 4.51. The number of rotatable bonds is 5. The second kappa shape index (κ2) is 5.90. The van der Waals surface area contributed by atoms with Gasteiger partial charge in [0, 0.05) is 5.56 Å². The minimum Gasteiger partial charge on any atom is -0.497 e. The highest BCUT2D eigenvalue weighted by molar-refractivity contribution is 6.40. The van der Waals surface area contributed by atoms with Gasteiger partial charge in [-0.1, -0.05) is 6.92 Å². The lowest BCUT2D eigenvalue weighted by atomic mass is 10.1. The van der Waals surface area contributed by atoms with E-state index in [1.54, 1.807) is 12.1 Å². The minimum absolute atomic E-state index is 0.265. The molecule has 1 aromatic rings. The Hall–Kier alpha value is -1.84. The highest BCUT2D eigenvalue weighted by Crippen LogP contribution is 2.12. The summed E-state index contributed by atoms with van der Waals surface area (Å²) in [5.41, 5.74) is 0.307. The van der Waals surface area contributed by atoms with Crippen molar-refractivity contribution in [3.05, 3.63) is 29.8 Å². The average molecular weight is 222 g/mol. The number of ether oxygens (including phenoxy) is 2. The molecule has 0 aliphatic rings. The van der Waals surface area contributed by atoms with Gasteiger partial charge in [0.05, 0.1) is 13.7 Å². The molecule has 0 heterocycles. The molecule has 0 spiro atoms. The van der Waals surface area contributed by atoms with Gasteiger partial charge in [-0.15, -0.1) is 0 Å². The van der Waals surface area contributed by atoms with Crippen LogP contribution in [0.3, 0.4) is 0 Å². The number of hydrogen-bond acceptors (Lipinski definition) is 4. The summed E-state index contributed by atoms with van der Waals surface area (Å²) in [6, 6.07) is 6.32. The van der Waals surface area contributed by atoms with Crippen LogP contribution in [-0.4, -0.2) is 25.5 Å². The number of hydrogen-bond donors (Lipinski definition) is 0. The fraction of sp³-hybridized carbons (Fsp3) is 0.333. The van der Waals surface area contributed by atoms with E-state index in [1.807, 2.05) is 6.92 Å². The number of methoxy groups -OCH3 is 1. The van der Waals surface area contributed by atoms with Crippen LogP contribution in [0, 0.1) is 0 Å². The van der Waals surface area contributed by atoms with Crippen LogP contribution in [0.25, 0.3) is 0 Å². The molecule has 0 atom stereocenters. The molecule has 4 nitrogen and oxygen atoms in total. The SMILES string of the molecule is CCCOC(=O)C(=O)c1ccc(OC)cc1. The Morgan fingerprint density at radius 3 is 2.31 bits per heavy atom. The van der Waals surface area contributed by atoms with Gasteiger partial charge in [-0.05, 0) is 30.7 Å². The molecule has 0 aliphatic heterocycles. The maximum Gasteiger partial charge on any atom is 0.379 e. The summed E-state index contributed by atoms with van der Waals surface area (Å²) in [6.45, 7) is 2.13. The summed E-state index contributed by atoms with van der Waals surface area (Å²) in [5, 5.41) is 0. The number of Topliss-reactive ketones (excluding diaryl/α,β-unsaturated/α-hetero) is 1. The van der Waals surface area contributed by atoms with Crippen molar-refractivity contribution in [1.29, 1.82) is 0 Å². The second-order valence-corrected chi connectivity index (χ2v) is 3.19. The third-order valence-electron chi connectivity index (χ3n) is 1.97. The normalized spacial score (nSPS) is 9.62. The first-order valence-corrected chi connectivity index (χ1v) is 5.04. The molecule has 0 aliphatic carbocycles. The van der Waals surface area contributed by atoms with E-state index in [9.17, 15) is 9.59 Å². The zero-order chi connectivity index (χ0) is 12.0. The summed E-state index contributed by atoms with van der Waals surface area (Å²) in [7, 11) is 1.53. The molecule has 0 radical (unpaired) electrons. The van der Waals surface area contributed by atoms with Crippen molar-refractivity contribution in [2.24, 2.45) is 0 Å². The highest BCUT2D eigenvalue weighted by atomic mass is 16.5. The van der Waals surface area contributed by atoms with Crippen LogP contribution in [-0.2, 0) is 9.53 Å². The molecule has 16 heavy (non-hydrogen) atoms. The number of esters is 1. The third kappa shape index (κ3) is 3.08. The van der Waals surface area contributed by atoms with E-state index in [2.05, 4.69) is 0 Å². The molecular weight excluding hydrogens is 208 g/mol. The first-order chi connectivity index (χ1) is 7.69. The van der Waals surface area contributed by atoms with E-state index in [-0.39, 0.29) is 6.61 Å². The van der Waals surface area contributed by atoms with Crippen molar-refractivity contribution < 1.29 is 19.1 Å². The van der Waals surface area contributed by atoms with Gasteiger partial charge in [-0.3, -0.25) is 4.79 Å². The molecular formula is C12H14O4. The molecule has 4 heteroatoms. The molecule has 0 saturated heterocycles. The Morgan fingerprint density at radius 1 is 1.19 bits per heavy atom. The molecule has 0 bridgehead atoms. The predicted molar refractivity (Wildman–Crippen MR) is 58.6 cm³/mol. The smallest absolute Gasteiger partial charge is 0.379 e. The third-order valence-corrected chi connectivity index (χ3v) is 1.97. The number of carbonyl (C=O) groups excluding carboxylic acids is 2. The molecule has 0 fully saturated rings. The molecule has 0 saturated carbocycles. The van der Waals surface area contributed by atoms with Gasteiger partial charge >= 0.3 is 5.97 Å². The first-order valence-electron chi connectivity index (χ1n) is 5.04. The van der Waals surface area contributed by atoms with Crippen LogP contribution < -0.4 is 4.74 Å². The lowest BCUT2D eigenvalue weighted by Crippen LogP contribution is -2.17. The summed E-state index contributed by atoms with van der Waals surface area (Å²) in [4.78, 5) is 22.8. The number of benzene rings is 1. The van der Waals surface area contributed by atoms with E-state index in [4.69, 9.17) is 9.47 Å². The number of ketones is 1. The molecule has 0 aromatic heterocycles. The van der Waals surface area contributed by atoms with Crippen LogP contribution >= 0.6 is 0 Å². The summed E-state index contributed by atoms with van der Waals surface area (Å²) < 4.78 is 9.69. The fourth-order valence-electron chi connectivity index (χ4n) is 1.12. The summed E-state index contributed by atoms with van der Waals surface area (Å²) >= 11 is 0.